The number of rotatable bonds is 5. The fourth-order valence-electron chi connectivity index (χ4n) is 1.83. The third kappa shape index (κ3) is 3.93. The number of carboxylic acid groups (broad SMARTS) is 1. The van der Waals surface area contributed by atoms with Crippen LogP contribution in [0, 0.1) is 6.92 Å². The molecule has 3 N–H and O–H groups in total. The van der Waals surface area contributed by atoms with E-state index in [1.54, 1.807) is 0 Å². The van der Waals surface area contributed by atoms with Gasteiger partial charge in [-0.05, 0) is 12.5 Å². The molecule has 0 aliphatic carbocycles. The van der Waals surface area contributed by atoms with Gasteiger partial charge in [-0.2, -0.15) is 5.10 Å². The Bertz CT molecular complexity index is 874. The molecule has 0 atom stereocenters. The number of aromatic carboxylic acids is 1. The van der Waals surface area contributed by atoms with Gasteiger partial charge in [0.05, 0.1) is 18.5 Å². The number of hydrogen-bond acceptors (Lipinski definition) is 7. The van der Waals surface area contributed by atoms with E-state index < -0.39 is 24.0 Å². The maximum absolute atomic E-state index is 12.1. The number of carboxylic acids is 1. The molecule has 0 aromatic carbocycles. The van der Waals surface area contributed by atoms with Crippen molar-refractivity contribution in [2.24, 2.45) is 5.10 Å². The maximum Gasteiger partial charge on any atom is 0.356 e. The van der Waals surface area contributed by atoms with Crippen molar-refractivity contribution in [3.63, 3.8) is 0 Å². The molecule has 2 rings (SSSR count). The number of nitrogens with zero attached hydrogens (tertiary/aromatic N) is 3. The fourth-order valence-corrected chi connectivity index (χ4v) is 2.49. The Balaban J connectivity index is 2.42. The standard InChI is InChI=1S/C14H11Cl3N4O4/c1-5-12(23)7(6(4-22)2-18-5)3-19-21-10-8(15)11(14(24)25)20-13(17)9(10)16/h2-3,22-23H,4H2,1H3,(H,20,21)(H,24,25)/p-1/b19-3+. The lowest BCUT2D eigenvalue weighted by atomic mass is 10.1. The summed E-state index contributed by atoms with van der Waals surface area (Å²) >= 11 is 17.7. The number of hydrazone groups is 1. The van der Waals surface area contributed by atoms with Gasteiger partial charge >= 0.3 is 5.97 Å². The Morgan fingerprint density at radius 1 is 1.40 bits per heavy atom. The van der Waals surface area contributed by atoms with Crippen LogP contribution < -0.4 is 10.5 Å². The molecule has 2 heterocycles. The van der Waals surface area contributed by atoms with Crippen LogP contribution in [-0.4, -0.2) is 32.4 Å². The van der Waals surface area contributed by atoms with E-state index >= 15 is 0 Å². The Labute approximate surface area is 156 Å². The summed E-state index contributed by atoms with van der Waals surface area (Å²) in [5.74, 6) is -1.81. The Morgan fingerprint density at radius 2 is 2.08 bits per heavy atom. The van der Waals surface area contributed by atoms with Crippen LogP contribution in [0.3, 0.4) is 0 Å². The third-order valence-electron chi connectivity index (χ3n) is 3.11. The van der Waals surface area contributed by atoms with Gasteiger partial charge in [0.15, 0.2) is 10.8 Å². The van der Waals surface area contributed by atoms with E-state index in [4.69, 9.17) is 39.9 Å². The van der Waals surface area contributed by atoms with Crippen molar-refractivity contribution < 1.29 is 20.1 Å². The second-order valence-electron chi connectivity index (χ2n) is 4.70. The highest BCUT2D eigenvalue weighted by Gasteiger charge is 2.20. The van der Waals surface area contributed by atoms with E-state index in [2.05, 4.69) is 20.5 Å². The lowest BCUT2D eigenvalue weighted by Crippen LogP contribution is -2.07. The molecule has 2 aromatic heterocycles. The molecular formula is C14H10Cl3N4O4-. The van der Waals surface area contributed by atoms with Gasteiger partial charge < -0.3 is 15.3 Å². The van der Waals surface area contributed by atoms with Gasteiger partial charge in [-0.15, -0.1) is 0 Å². The molecule has 25 heavy (non-hydrogen) atoms. The van der Waals surface area contributed by atoms with Crippen LogP contribution >= 0.6 is 34.8 Å². The Kier molecular flexibility index (Phi) is 6.02. The van der Waals surface area contributed by atoms with E-state index in [1.165, 1.54) is 13.1 Å². The van der Waals surface area contributed by atoms with Crippen LogP contribution in [0.25, 0.3) is 0 Å². The van der Waals surface area contributed by atoms with Crippen LogP contribution in [-0.2, 0) is 6.61 Å². The first-order valence-electron chi connectivity index (χ1n) is 6.61. The van der Waals surface area contributed by atoms with Crippen molar-refractivity contribution in [1.82, 2.24) is 9.97 Å². The molecule has 0 saturated heterocycles. The lowest BCUT2D eigenvalue weighted by molar-refractivity contribution is -0.269. The first-order valence-corrected chi connectivity index (χ1v) is 7.74. The second-order valence-corrected chi connectivity index (χ2v) is 5.81. The van der Waals surface area contributed by atoms with Crippen molar-refractivity contribution in [2.45, 2.75) is 13.5 Å². The van der Waals surface area contributed by atoms with E-state index in [0.717, 1.165) is 6.21 Å². The normalized spacial score (nSPS) is 11.1. The molecule has 132 valence electrons. The maximum atomic E-state index is 12.1. The molecule has 0 saturated carbocycles. The molecule has 0 fully saturated rings. The smallest absolute Gasteiger partial charge is 0.356 e. The van der Waals surface area contributed by atoms with Gasteiger partial charge in [0.1, 0.15) is 10.0 Å². The number of aryl methyl sites for hydroxylation is 1. The number of anilines is 1. The minimum atomic E-state index is -1.40. The molecule has 8 nitrogen and oxygen atoms in total. The van der Waals surface area contributed by atoms with Crippen LogP contribution in [0.15, 0.2) is 11.3 Å². The van der Waals surface area contributed by atoms with Crippen LogP contribution in [0.5, 0.6) is 5.75 Å². The average Bonchev–Trinajstić information content (AvgIpc) is 2.57. The predicted octanol–water partition coefficient (Wildman–Crippen LogP) is 2.46. The highest BCUT2D eigenvalue weighted by molar-refractivity contribution is 6.46. The number of hydrogen-bond donors (Lipinski definition) is 3. The van der Waals surface area contributed by atoms with Gasteiger partial charge in [-0.1, -0.05) is 40.6 Å². The van der Waals surface area contributed by atoms with Crippen LogP contribution in [0.1, 0.15) is 27.3 Å². The first kappa shape index (κ1) is 19.2. The summed E-state index contributed by atoms with van der Waals surface area (Å²) in [5.41, 5.74) is 2.48. The quantitative estimate of drug-likeness (QED) is 0.396. The number of halogens is 3. The Morgan fingerprint density at radius 3 is 2.68 bits per heavy atom. The fraction of sp³-hybridized carbons (Fsp3) is 0.143. The minimum absolute atomic E-state index is 0.0826. The molecule has 0 unspecified atom stereocenters. The first-order chi connectivity index (χ1) is 11.8. The average molecular weight is 405 g/mol. The summed E-state index contributed by atoms with van der Waals surface area (Å²) in [7, 11) is 0. The van der Waals surface area contributed by atoms with E-state index in [0.29, 0.717) is 0 Å². The molecule has 0 bridgehead atoms. The van der Waals surface area contributed by atoms with Crippen molar-refractivity contribution in [3.05, 3.63) is 43.9 Å². The summed E-state index contributed by atoms with van der Waals surface area (Å²) in [6.07, 6.45) is 2.49. The summed E-state index contributed by atoms with van der Waals surface area (Å²) < 4.78 is 0. The topological polar surface area (TPSA) is 131 Å². The zero-order valence-electron chi connectivity index (χ0n) is 12.5. The van der Waals surface area contributed by atoms with E-state index in [-0.39, 0.29) is 37.7 Å². The lowest BCUT2D eigenvalue weighted by Gasteiger charge is -2.16. The molecule has 2 aromatic rings. The number of nitrogens with one attached hydrogen (secondary N) is 1. The molecule has 0 spiro atoms. The predicted molar refractivity (Wildman–Crippen MR) is 91.8 cm³/mol. The van der Waals surface area contributed by atoms with Crippen molar-refractivity contribution >= 4 is 52.7 Å². The van der Waals surface area contributed by atoms with Crippen molar-refractivity contribution in [1.29, 1.82) is 0 Å². The van der Waals surface area contributed by atoms with Gasteiger partial charge in [-0.3, -0.25) is 10.4 Å². The number of aliphatic hydroxyl groups excluding tert-OH is 1. The van der Waals surface area contributed by atoms with Crippen molar-refractivity contribution in [2.75, 3.05) is 5.43 Å². The van der Waals surface area contributed by atoms with E-state index in [9.17, 15) is 15.0 Å². The van der Waals surface area contributed by atoms with Gasteiger partial charge in [0.2, 0.25) is 0 Å². The van der Waals surface area contributed by atoms with Gasteiger partial charge in [-0.25, -0.2) is 9.78 Å². The highest BCUT2D eigenvalue weighted by Crippen LogP contribution is 2.36. The minimum Gasteiger partial charge on any atom is -0.871 e. The van der Waals surface area contributed by atoms with Gasteiger partial charge in [0, 0.05) is 17.5 Å². The molecule has 11 heteroatoms. The number of pyridine rings is 2. The number of aliphatic hydroxyl groups is 1. The van der Waals surface area contributed by atoms with Crippen molar-refractivity contribution in [3.8, 4) is 5.75 Å². The molecule has 0 radical (unpaired) electrons. The van der Waals surface area contributed by atoms with Crippen LogP contribution in [0.2, 0.25) is 15.2 Å². The molecule has 0 amide bonds. The highest BCUT2D eigenvalue weighted by atomic mass is 35.5. The Hall–Kier alpha value is -2.13. The zero-order chi connectivity index (χ0) is 18.7. The summed E-state index contributed by atoms with van der Waals surface area (Å²) in [5, 5.41) is 33.5. The number of carbonyl (C=O) groups is 1. The summed E-state index contributed by atoms with van der Waals surface area (Å²) in [4.78, 5) is 18.5. The molecular weight excluding hydrogens is 395 g/mol. The van der Waals surface area contributed by atoms with Gasteiger partial charge in [0.25, 0.3) is 0 Å². The SMILES string of the molecule is Cc1ncc(CO)c(/C=N/Nc2c(Cl)c(Cl)nc(C(=O)O)c2Cl)c1[O-]. The third-order valence-corrected chi connectivity index (χ3v) is 4.22. The second kappa shape index (κ2) is 7.83. The monoisotopic (exact) mass is 403 g/mol. The molecule has 0 aliphatic heterocycles. The summed E-state index contributed by atoms with van der Waals surface area (Å²) in [6.45, 7) is 1.11. The number of aromatic nitrogens is 2. The summed E-state index contributed by atoms with van der Waals surface area (Å²) in [6, 6.07) is 0. The molecule has 0 aliphatic rings. The van der Waals surface area contributed by atoms with Crippen LogP contribution in [0.4, 0.5) is 5.69 Å². The zero-order valence-corrected chi connectivity index (χ0v) is 14.8. The van der Waals surface area contributed by atoms with E-state index in [1.807, 2.05) is 0 Å². The largest absolute Gasteiger partial charge is 0.871 e.